The SMILES string of the molecule is CC(C)N(CCC(C)(C#N)NC1CC1)CC1CC1. The predicted octanol–water partition coefficient (Wildman–Crippen LogP) is 2.53. The van der Waals surface area contributed by atoms with Crippen molar-refractivity contribution < 1.29 is 0 Å². The summed E-state index contributed by atoms with van der Waals surface area (Å²) in [6.45, 7) is 8.85. The molecule has 0 bridgehead atoms. The molecule has 0 aromatic rings. The van der Waals surface area contributed by atoms with Crippen LogP contribution in [0.4, 0.5) is 0 Å². The van der Waals surface area contributed by atoms with E-state index in [1.54, 1.807) is 0 Å². The minimum Gasteiger partial charge on any atom is -0.301 e. The summed E-state index contributed by atoms with van der Waals surface area (Å²) >= 11 is 0. The molecule has 3 heteroatoms. The molecule has 2 aliphatic carbocycles. The zero-order chi connectivity index (χ0) is 13.2. The lowest BCUT2D eigenvalue weighted by molar-refractivity contribution is 0.193. The van der Waals surface area contributed by atoms with Gasteiger partial charge < -0.3 is 4.90 Å². The van der Waals surface area contributed by atoms with Crippen LogP contribution >= 0.6 is 0 Å². The lowest BCUT2D eigenvalue weighted by atomic mass is 9.99. The van der Waals surface area contributed by atoms with Crippen LogP contribution in [0, 0.1) is 17.2 Å². The Morgan fingerprint density at radius 2 is 2.00 bits per heavy atom. The molecule has 0 aromatic heterocycles. The Kier molecular flexibility index (Phi) is 4.29. The van der Waals surface area contributed by atoms with E-state index in [1.165, 1.54) is 32.2 Å². The van der Waals surface area contributed by atoms with Crippen LogP contribution in [-0.4, -0.2) is 35.6 Å². The number of hydrogen-bond acceptors (Lipinski definition) is 3. The number of nitrogens with one attached hydrogen (secondary N) is 1. The molecule has 18 heavy (non-hydrogen) atoms. The Balaban J connectivity index is 1.80. The Morgan fingerprint density at radius 3 is 2.44 bits per heavy atom. The van der Waals surface area contributed by atoms with E-state index in [0.29, 0.717) is 12.1 Å². The predicted molar refractivity (Wildman–Crippen MR) is 74.2 cm³/mol. The molecule has 2 saturated carbocycles. The van der Waals surface area contributed by atoms with E-state index < -0.39 is 0 Å². The van der Waals surface area contributed by atoms with Crippen molar-refractivity contribution in [1.29, 1.82) is 5.26 Å². The van der Waals surface area contributed by atoms with Crippen molar-refractivity contribution in [2.24, 2.45) is 5.92 Å². The summed E-state index contributed by atoms with van der Waals surface area (Å²) in [5, 5.41) is 12.9. The molecule has 0 aromatic carbocycles. The fourth-order valence-electron chi connectivity index (χ4n) is 2.40. The number of nitriles is 1. The second-order valence-electron chi connectivity index (χ2n) is 6.64. The second kappa shape index (κ2) is 5.59. The fraction of sp³-hybridized carbons (Fsp3) is 0.933. The molecule has 2 fully saturated rings. The maximum atomic E-state index is 9.38. The van der Waals surface area contributed by atoms with Gasteiger partial charge in [0.05, 0.1) is 6.07 Å². The van der Waals surface area contributed by atoms with Gasteiger partial charge in [-0.3, -0.25) is 5.32 Å². The lowest BCUT2D eigenvalue weighted by Gasteiger charge is -2.31. The molecule has 1 N–H and O–H groups in total. The molecular weight excluding hydrogens is 222 g/mol. The van der Waals surface area contributed by atoms with Gasteiger partial charge in [0.2, 0.25) is 0 Å². The first-order valence-electron chi connectivity index (χ1n) is 7.45. The van der Waals surface area contributed by atoms with Gasteiger partial charge in [0.1, 0.15) is 5.54 Å². The van der Waals surface area contributed by atoms with Gasteiger partial charge in [-0.05, 0) is 58.8 Å². The Hall–Kier alpha value is -0.590. The zero-order valence-electron chi connectivity index (χ0n) is 12.1. The highest BCUT2D eigenvalue weighted by Gasteiger charge is 2.33. The monoisotopic (exact) mass is 249 g/mol. The van der Waals surface area contributed by atoms with Crippen LogP contribution < -0.4 is 5.32 Å². The molecule has 0 spiro atoms. The highest BCUT2D eigenvalue weighted by Crippen LogP contribution is 2.31. The third kappa shape index (κ3) is 4.26. The normalized spacial score (nSPS) is 23.1. The molecule has 3 nitrogen and oxygen atoms in total. The van der Waals surface area contributed by atoms with E-state index in [0.717, 1.165) is 18.9 Å². The van der Waals surface area contributed by atoms with Gasteiger partial charge in [-0.2, -0.15) is 5.26 Å². The van der Waals surface area contributed by atoms with Crippen molar-refractivity contribution >= 4 is 0 Å². The van der Waals surface area contributed by atoms with Crippen LogP contribution in [0.5, 0.6) is 0 Å². The van der Waals surface area contributed by atoms with E-state index in [9.17, 15) is 5.26 Å². The van der Waals surface area contributed by atoms with Crippen LogP contribution in [0.2, 0.25) is 0 Å². The van der Waals surface area contributed by atoms with Gasteiger partial charge in [-0.25, -0.2) is 0 Å². The minimum absolute atomic E-state index is 0.335. The van der Waals surface area contributed by atoms with Crippen LogP contribution in [0.1, 0.15) is 52.9 Å². The maximum absolute atomic E-state index is 9.38. The Labute approximate surface area is 112 Å². The molecule has 1 unspecified atom stereocenters. The lowest BCUT2D eigenvalue weighted by Crippen LogP contribution is -2.46. The van der Waals surface area contributed by atoms with E-state index in [-0.39, 0.29) is 5.54 Å². The smallest absolute Gasteiger partial charge is 0.105 e. The van der Waals surface area contributed by atoms with Crippen molar-refractivity contribution in [2.75, 3.05) is 13.1 Å². The van der Waals surface area contributed by atoms with Gasteiger partial charge in [0.15, 0.2) is 0 Å². The largest absolute Gasteiger partial charge is 0.301 e. The number of rotatable bonds is 8. The molecule has 0 aliphatic heterocycles. The summed E-state index contributed by atoms with van der Waals surface area (Å²) in [5.41, 5.74) is -0.335. The van der Waals surface area contributed by atoms with Crippen LogP contribution in [0.25, 0.3) is 0 Å². The van der Waals surface area contributed by atoms with Crippen LogP contribution in [-0.2, 0) is 0 Å². The molecule has 102 valence electrons. The van der Waals surface area contributed by atoms with Crippen molar-refractivity contribution in [3.63, 3.8) is 0 Å². The molecule has 0 amide bonds. The molecule has 0 heterocycles. The summed E-state index contributed by atoms with van der Waals surface area (Å²) in [7, 11) is 0. The summed E-state index contributed by atoms with van der Waals surface area (Å²) in [6.07, 6.45) is 6.23. The van der Waals surface area contributed by atoms with Crippen molar-refractivity contribution in [3.05, 3.63) is 0 Å². The van der Waals surface area contributed by atoms with E-state index in [2.05, 4.69) is 37.1 Å². The average molecular weight is 249 g/mol. The van der Waals surface area contributed by atoms with Crippen molar-refractivity contribution in [1.82, 2.24) is 10.2 Å². The standard InChI is InChI=1S/C15H27N3/c1-12(2)18(10-13-4-5-13)9-8-15(3,11-16)17-14-6-7-14/h12-14,17H,4-10H2,1-3H3. The third-order valence-corrected chi connectivity index (χ3v) is 4.17. The van der Waals surface area contributed by atoms with Crippen molar-refractivity contribution in [3.8, 4) is 6.07 Å². The van der Waals surface area contributed by atoms with Crippen molar-refractivity contribution in [2.45, 2.75) is 70.5 Å². The van der Waals surface area contributed by atoms with Gasteiger partial charge in [0.25, 0.3) is 0 Å². The molecule has 2 aliphatic rings. The summed E-state index contributed by atoms with van der Waals surface area (Å²) in [5.74, 6) is 0.928. The van der Waals surface area contributed by atoms with Crippen LogP contribution in [0.15, 0.2) is 0 Å². The Morgan fingerprint density at radius 1 is 1.33 bits per heavy atom. The van der Waals surface area contributed by atoms with E-state index in [4.69, 9.17) is 0 Å². The molecular formula is C15H27N3. The maximum Gasteiger partial charge on any atom is 0.105 e. The van der Waals surface area contributed by atoms with Gasteiger partial charge in [0, 0.05) is 25.2 Å². The summed E-state index contributed by atoms with van der Waals surface area (Å²) < 4.78 is 0. The topological polar surface area (TPSA) is 39.1 Å². The Bertz CT molecular complexity index is 312. The number of hydrogen-bond donors (Lipinski definition) is 1. The number of nitrogens with zero attached hydrogens (tertiary/aromatic N) is 2. The fourth-order valence-corrected chi connectivity index (χ4v) is 2.40. The zero-order valence-corrected chi connectivity index (χ0v) is 12.1. The third-order valence-electron chi connectivity index (χ3n) is 4.17. The second-order valence-corrected chi connectivity index (χ2v) is 6.64. The first-order chi connectivity index (χ1) is 8.52. The van der Waals surface area contributed by atoms with Gasteiger partial charge in [-0.1, -0.05) is 0 Å². The van der Waals surface area contributed by atoms with Gasteiger partial charge >= 0.3 is 0 Å². The molecule has 0 radical (unpaired) electrons. The quantitative estimate of drug-likeness (QED) is 0.718. The minimum atomic E-state index is -0.335. The molecule has 1 atom stereocenters. The highest BCUT2D eigenvalue weighted by atomic mass is 15.2. The highest BCUT2D eigenvalue weighted by molar-refractivity contribution is 5.07. The van der Waals surface area contributed by atoms with Crippen LogP contribution in [0.3, 0.4) is 0 Å². The van der Waals surface area contributed by atoms with E-state index in [1.807, 2.05) is 0 Å². The molecule has 0 saturated heterocycles. The molecule has 2 rings (SSSR count). The average Bonchev–Trinajstić information content (AvgIpc) is 3.19. The first-order valence-corrected chi connectivity index (χ1v) is 7.45. The first kappa shape index (κ1) is 13.8. The summed E-state index contributed by atoms with van der Waals surface area (Å²) in [4.78, 5) is 2.54. The van der Waals surface area contributed by atoms with Gasteiger partial charge in [-0.15, -0.1) is 0 Å². The summed E-state index contributed by atoms with van der Waals surface area (Å²) in [6, 6.07) is 3.67. The van der Waals surface area contributed by atoms with E-state index >= 15 is 0 Å².